The van der Waals surface area contributed by atoms with Crippen molar-refractivity contribution in [2.75, 3.05) is 46.2 Å². The van der Waals surface area contributed by atoms with Crippen molar-refractivity contribution < 1.29 is 14.2 Å². The fourth-order valence-corrected chi connectivity index (χ4v) is 2.68. The fraction of sp³-hybridized carbons (Fsp3) is 0.500. The monoisotopic (exact) mass is 350 g/mol. The van der Waals surface area contributed by atoms with E-state index in [0.29, 0.717) is 5.11 Å². The number of hydrazone groups is 1. The van der Waals surface area contributed by atoms with Crippen molar-refractivity contribution in [1.29, 1.82) is 0 Å². The SMILES string of the molecule is S=C(NCCCN1CCOCC1)N/N=C/c1ccc2c(c1)OCO2. The van der Waals surface area contributed by atoms with E-state index in [1.165, 1.54) is 0 Å². The van der Waals surface area contributed by atoms with Crippen molar-refractivity contribution in [2.45, 2.75) is 6.42 Å². The summed E-state index contributed by atoms with van der Waals surface area (Å²) in [5, 5.41) is 7.81. The molecule has 0 bridgehead atoms. The van der Waals surface area contributed by atoms with Gasteiger partial charge in [-0.15, -0.1) is 0 Å². The molecule has 3 rings (SSSR count). The molecule has 2 heterocycles. The van der Waals surface area contributed by atoms with Gasteiger partial charge in [0.15, 0.2) is 16.6 Å². The van der Waals surface area contributed by atoms with Crippen LogP contribution in [0, 0.1) is 0 Å². The lowest BCUT2D eigenvalue weighted by atomic mass is 10.2. The van der Waals surface area contributed by atoms with Crippen molar-refractivity contribution in [3.63, 3.8) is 0 Å². The van der Waals surface area contributed by atoms with Gasteiger partial charge in [0, 0.05) is 19.6 Å². The summed E-state index contributed by atoms with van der Waals surface area (Å²) in [7, 11) is 0. The summed E-state index contributed by atoms with van der Waals surface area (Å²) in [5.41, 5.74) is 3.74. The zero-order valence-corrected chi connectivity index (χ0v) is 14.3. The molecule has 8 heteroatoms. The first-order valence-electron chi connectivity index (χ1n) is 8.08. The van der Waals surface area contributed by atoms with E-state index >= 15 is 0 Å². The predicted molar refractivity (Wildman–Crippen MR) is 95.8 cm³/mol. The number of nitrogens with one attached hydrogen (secondary N) is 2. The zero-order valence-electron chi connectivity index (χ0n) is 13.5. The van der Waals surface area contributed by atoms with E-state index in [9.17, 15) is 0 Å². The summed E-state index contributed by atoms with van der Waals surface area (Å²) in [4.78, 5) is 2.40. The molecule has 1 aromatic rings. The number of morpholine rings is 1. The third-order valence-electron chi connectivity index (χ3n) is 3.82. The van der Waals surface area contributed by atoms with Gasteiger partial charge in [-0.05, 0) is 48.9 Å². The number of nitrogens with zero attached hydrogens (tertiary/aromatic N) is 2. The van der Waals surface area contributed by atoms with Gasteiger partial charge in [0.2, 0.25) is 6.79 Å². The highest BCUT2D eigenvalue weighted by Crippen LogP contribution is 2.31. The van der Waals surface area contributed by atoms with Gasteiger partial charge in [-0.2, -0.15) is 5.10 Å². The van der Waals surface area contributed by atoms with E-state index in [0.717, 1.165) is 62.9 Å². The molecule has 0 aromatic heterocycles. The Morgan fingerprint density at radius 2 is 2.08 bits per heavy atom. The van der Waals surface area contributed by atoms with Crippen LogP contribution < -0.4 is 20.2 Å². The van der Waals surface area contributed by atoms with Crippen LogP contribution in [-0.4, -0.2) is 62.4 Å². The third-order valence-corrected chi connectivity index (χ3v) is 4.05. The number of hydrogen-bond donors (Lipinski definition) is 2. The molecule has 0 amide bonds. The lowest BCUT2D eigenvalue weighted by Gasteiger charge is -2.26. The average Bonchev–Trinajstić information content (AvgIpc) is 3.07. The molecular weight excluding hydrogens is 328 g/mol. The van der Waals surface area contributed by atoms with E-state index in [-0.39, 0.29) is 6.79 Å². The average molecular weight is 350 g/mol. The predicted octanol–water partition coefficient (Wildman–Crippen LogP) is 0.936. The van der Waals surface area contributed by atoms with Crippen LogP contribution in [0.25, 0.3) is 0 Å². The van der Waals surface area contributed by atoms with Crippen molar-refractivity contribution in [3.05, 3.63) is 23.8 Å². The van der Waals surface area contributed by atoms with Crippen molar-refractivity contribution in [1.82, 2.24) is 15.6 Å². The highest BCUT2D eigenvalue weighted by molar-refractivity contribution is 7.80. The first kappa shape index (κ1) is 16.9. The van der Waals surface area contributed by atoms with Crippen LogP contribution in [-0.2, 0) is 4.74 Å². The molecule has 130 valence electrons. The first-order valence-corrected chi connectivity index (χ1v) is 8.49. The Morgan fingerprint density at radius 1 is 1.25 bits per heavy atom. The Bertz CT molecular complexity index is 591. The zero-order chi connectivity index (χ0) is 16.6. The maximum atomic E-state index is 5.33. The Morgan fingerprint density at radius 3 is 2.96 bits per heavy atom. The van der Waals surface area contributed by atoms with Crippen LogP contribution in [0.4, 0.5) is 0 Å². The van der Waals surface area contributed by atoms with Gasteiger partial charge in [0.25, 0.3) is 0 Å². The quantitative estimate of drug-likeness (QED) is 0.342. The maximum absolute atomic E-state index is 5.33. The normalized spacial score (nSPS) is 17.2. The van der Waals surface area contributed by atoms with E-state index < -0.39 is 0 Å². The molecule has 7 nitrogen and oxygen atoms in total. The van der Waals surface area contributed by atoms with Crippen LogP contribution in [0.5, 0.6) is 11.5 Å². The molecule has 2 aliphatic rings. The molecule has 0 aliphatic carbocycles. The lowest BCUT2D eigenvalue weighted by Crippen LogP contribution is -2.39. The number of fused-ring (bicyclic) bond motifs is 1. The Balaban J connectivity index is 1.32. The lowest BCUT2D eigenvalue weighted by molar-refractivity contribution is 0.0376. The molecule has 0 atom stereocenters. The number of ether oxygens (including phenoxy) is 3. The van der Waals surface area contributed by atoms with Crippen LogP contribution in [0.3, 0.4) is 0 Å². The van der Waals surface area contributed by atoms with Gasteiger partial charge >= 0.3 is 0 Å². The minimum Gasteiger partial charge on any atom is -0.454 e. The van der Waals surface area contributed by atoms with E-state index in [1.54, 1.807) is 6.21 Å². The number of rotatable bonds is 6. The summed E-state index contributed by atoms with van der Waals surface area (Å²) >= 11 is 5.20. The topological polar surface area (TPSA) is 67.4 Å². The summed E-state index contributed by atoms with van der Waals surface area (Å²) < 4.78 is 15.9. The summed E-state index contributed by atoms with van der Waals surface area (Å²) in [6.07, 6.45) is 2.73. The first-order chi connectivity index (χ1) is 11.8. The summed E-state index contributed by atoms with van der Waals surface area (Å²) in [6.45, 7) is 5.85. The van der Waals surface area contributed by atoms with Gasteiger partial charge in [-0.25, -0.2) is 0 Å². The second kappa shape index (κ2) is 8.81. The van der Waals surface area contributed by atoms with Crippen LogP contribution in [0.2, 0.25) is 0 Å². The smallest absolute Gasteiger partial charge is 0.231 e. The molecule has 0 spiro atoms. The Hall–Kier alpha value is -1.90. The number of thiocarbonyl (C=S) groups is 1. The van der Waals surface area contributed by atoms with Gasteiger partial charge in [0.1, 0.15) is 0 Å². The molecular formula is C16H22N4O3S. The second-order valence-corrected chi connectivity index (χ2v) is 5.95. The standard InChI is InChI=1S/C16H22N4O3S/c24-16(17-4-1-5-20-6-8-21-9-7-20)19-18-11-13-2-3-14-15(10-13)23-12-22-14/h2-3,10-11H,1,4-9,12H2,(H2,17,19,24)/b18-11+. The van der Waals surface area contributed by atoms with E-state index in [2.05, 4.69) is 20.7 Å². The number of benzene rings is 1. The highest BCUT2D eigenvalue weighted by atomic mass is 32.1. The molecule has 0 unspecified atom stereocenters. The third kappa shape index (κ3) is 5.05. The maximum Gasteiger partial charge on any atom is 0.231 e. The second-order valence-electron chi connectivity index (χ2n) is 5.55. The molecule has 2 aliphatic heterocycles. The largest absolute Gasteiger partial charge is 0.454 e. The molecule has 0 saturated carbocycles. The minimum atomic E-state index is 0.270. The minimum absolute atomic E-state index is 0.270. The fourth-order valence-electron chi connectivity index (χ4n) is 2.53. The van der Waals surface area contributed by atoms with Gasteiger partial charge in [-0.1, -0.05) is 0 Å². The molecule has 0 radical (unpaired) electrons. The summed E-state index contributed by atoms with van der Waals surface area (Å²) in [6, 6.07) is 5.66. The highest BCUT2D eigenvalue weighted by Gasteiger charge is 2.12. The van der Waals surface area contributed by atoms with Crippen LogP contribution in [0.15, 0.2) is 23.3 Å². The van der Waals surface area contributed by atoms with Crippen LogP contribution in [0.1, 0.15) is 12.0 Å². The van der Waals surface area contributed by atoms with Gasteiger partial charge < -0.3 is 19.5 Å². The molecule has 1 fully saturated rings. The van der Waals surface area contributed by atoms with Gasteiger partial charge in [-0.3, -0.25) is 10.3 Å². The molecule has 1 saturated heterocycles. The Kier molecular flexibility index (Phi) is 6.22. The van der Waals surface area contributed by atoms with E-state index in [1.807, 2.05) is 18.2 Å². The van der Waals surface area contributed by atoms with Crippen LogP contribution >= 0.6 is 12.2 Å². The molecule has 24 heavy (non-hydrogen) atoms. The Labute approximate surface area is 146 Å². The molecule has 2 N–H and O–H groups in total. The van der Waals surface area contributed by atoms with Crippen molar-refractivity contribution in [3.8, 4) is 11.5 Å². The summed E-state index contributed by atoms with van der Waals surface area (Å²) in [5.74, 6) is 1.50. The van der Waals surface area contributed by atoms with Gasteiger partial charge in [0.05, 0.1) is 19.4 Å². The number of hydrogen-bond acceptors (Lipinski definition) is 6. The van der Waals surface area contributed by atoms with Crippen molar-refractivity contribution in [2.24, 2.45) is 5.10 Å². The molecule has 1 aromatic carbocycles. The van der Waals surface area contributed by atoms with Crippen molar-refractivity contribution >= 4 is 23.5 Å². The van der Waals surface area contributed by atoms with E-state index in [4.69, 9.17) is 26.4 Å².